The van der Waals surface area contributed by atoms with E-state index in [-0.39, 0.29) is 0 Å². The predicted molar refractivity (Wildman–Crippen MR) is 55.7 cm³/mol. The lowest BCUT2D eigenvalue weighted by Crippen LogP contribution is -2.05. The standard InChI is InChI=1S/C10H12N2S/c1-12-7-8-3-4-10(13-2)9(5-8)6-11/h3-5,12H,7H2,1-2H3. The van der Waals surface area contributed by atoms with Crippen molar-refractivity contribution in [1.82, 2.24) is 5.32 Å². The molecule has 0 aliphatic carbocycles. The first-order valence-corrected chi connectivity index (χ1v) is 5.26. The van der Waals surface area contributed by atoms with Gasteiger partial charge in [-0.25, -0.2) is 0 Å². The Kier molecular flexibility index (Phi) is 3.81. The van der Waals surface area contributed by atoms with Gasteiger partial charge in [0.15, 0.2) is 0 Å². The Hall–Kier alpha value is -0.980. The highest BCUT2D eigenvalue weighted by molar-refractivity contribution is 7.98. The number of hydrogen-bond acceptors (Lipinski definition) is 3. The summed E-state index contributed by atoms with van der Waals surface area (Å²) in [4.78, 5) is 1.04. The number of rotatable bonds is 3. The molecule has 0 aliphatic rings. The summed E-state index contributed by atoms with van der Waals surface area (Å²) < 4.78 is 0. The summed E-state index contributed by atoms with van der Waals surface area (Å²) in [5.41, 5.74) is 1.91. The Morgan fingerprint density at radius 2 is 2.31 bits per heavy atom. The normalized spacial score (nSPS) is 9.62. The Labute approximate surface area is 83.0 Å². The van der Waals surface area contributed by atoms with Crippen molar-refractivity contribution in [1.29, 1.82) is 5.26 Å². The summed E-state index contributed by atoms with van der Waals surface area (Å²) in [5, 5.41) is 11.9. The lowest BCUT2D eigenvalue weighted by molar-refractivity contribution is 0.816. The number of nitrogens with zero attached hydrogens (tertiary/aromatic N) is 1. The Balaban J connectivity index is 3.00. The van der Waals surface area contributed by atoms with Crippen molar-refractivity contribution in [3.63, 3.8) is 0 Å². The predicted octanol–water partition coefficient (Wildman–Crippen LogP) is 2.00. The number of hydrogen-bond donors (Lipinski definition) is 1. The SMILES string of the molecule is CNCc1ccc(SC)c(C#N)c1. The van der Waals surface area contributed by atoms with Crippen LogP contribution in [-0.4, -0.2) is 13.3 Å². The third-order valence-electron chi connectivity index (χ3n) is 1.77. The van der Waals surface area contributed by atoms with Crippen molar-refractivity contribution in [2.75, 3.05) is 13.3 Å². The zero-order valence-corrected chi connectivity index (χ0v) is 8.61. The molecule has 3 heteroatoms. The van der Waals surface area contributed by atoms with Crippen LogP contribution in [0.3, 0.4) is 0 Å². The Morgan fingerprint density at radius 1 is 1.54 bits per heavy atom. The van der Waals surface area contributed by atoms with E-state index in [1.807, 2.05) is 31.5 Å². The second-order valence-corrected chi connectivity index (χ2v) is 3.52. The minimum atomic E-state index is 0.764. The number of nitrogens with one attached hydrogen (secondary N) is 1. The lowest BCUT2D eigenvalue weighted by atomic mass is 10.1. The quantitative estimate of drug-likeness (QED) is 0.744. The molecular weight excluding hydrogens is 180 g/mol. The molecule has 0 aromatic heterocycles. The maximum absolute atomic E-state index is 8.86. The molecule has 0 heterocycles. The van der Waals surface area contributed by atoms with Crippen LogP contribution in [0.2, 0.25) is 0 Å². The van der Waals surface area contributed by atoms with Gasteiger partial charge in [-0.15, -0.1) is 11.8 Å². The molecule has 0 spiro atoms. The van der Waals surface area contributed by atoms with Gasteiger partial charge < -0.3 is 5.32 Å². The fraction of sp³-hybridized carbons (Fsp3) is 0.300. The molecule has 0 bridgehead atoms. The van der Waals surface area contributed by atoms with Gasteiger partial charge in [-0.05, 0) is 31.0 Å². The first-order chi connectivity index (χ1) is 6.31. The van der Waals surface area contributed by atoms with Crippen LogP contribution in [0.5, 0.6) is 0 Å². The van der Waals surface area contributed by atoms with Gasteiger partial charge in [0.1, 0.15) is 6.07 Å². The van der Waals surface area contributed by atoms with Gasteiger partial charge in [0.05, 0.1) is 5.56 Å². The zero-order chi connectivity index (χ0) is 9.68. The van der Waals surface area contributed by atoms with E-state index in [2.05, 4.69) is 11.4 Å². The van der Waals surface area contributed by atoms with Gasteiger partial charge in [-0.3, -0.25) is 0 Å². The summed E-state index contributed by atoms with van der Waals surface area (Å²) in [6.07, 6.45) is 1.98. The molecule has 1 aromatic carbocycles. The van der Waals surface area contributed by atoms with E-state index in [9.17, 15) is 0 Å². The molecule has 0 amide bonds. The maximum atomic E-state index is 8.86. The molecule has 1 N–H and O–H groups in total. The van der Waals surface area contributed by atoms with Crippen LogP contribution < -0.4 is 5.32 Å². The molecule has 0 unspecified atom stereocenters. The largest absolute Gasteiger partial charge is 0.316 e. The maximum Gasteiger partial charge on any atom is 0.100 e. The molecule has 0 atom stereocenters. The van der Waals surface area contributed by atoms with Crippen molar-refractivity contribution in [3.8, 4) is 6.07 Å². The molecule has 0 radical (unpaired) electrons. The second kappa shape index (κ2) is 4.90. The van der Waals surface area contributed by atoms with E-state index in [1.54, 1.807) is 11.8 Å². The number of benzene rings is 1. The topological polar surface area (TPSA) is 35.8 Å². The van der Waals surface area contributed by atoms with Crippen LogP contribution in [0.1, 0.15) is 11.1 Å². The van der Waals surface area contributed by atoms with E-state index >= 15 is 0 Å². The Morgan fingerprint density at radius 3 is 2.85 bits per heavy atom. The van der Waals surface area contributed by atoms with Crippen LogP contribution in [0.25, 0.3) is 0 Å². The fourth-order valence-corrected chi connectivity index (χ4v) is 1.69. The van der Waals surface area contributed by atoms with Gasteiger partial charge in [-0.2, -0.15) is 5.26 Å². The van der Waals surface area contributed by atoms with E-state index in [4.69, 9.17) is 5.26 Å². The van der Waals surface area contributed by atoms with Crippen LogP contribution in [0, 0.1) is 11.3 Å². The molecule has 0 saturated heterocycles. The Bertz CT molecular complexity index is 328. The average Bonchev–Trinajstić information content (AvgIpc) is 2.18. The molecular formula is C10H12N2S. The highest BCUT2D eigenvalue weighted by atomic mass is 32.2. The minimum absolute atomic E-state index is 0.764. The number of nitriles is 1. The first-order valence-electron chi connectivity index (χ1n) is 4.03. The average molecular weight is 192 g/mol. The zero-order valence-electron chi connectivity index (χ0n) is 7.79. The van der Waals surface area contributed by atoms with Gasteiger partial charge in [0.25, 0.3) is 0 Å². The van der Waals surface area contributed by atoms with Crippen molar-refractivity contribution in [2.45, 2.75) is 11.4 Å². The molecule has 68 valence electrons. The van der Waals surface area contributed by atoms with E-state index in [1.165, 1.54) is 0 Å². The molecule has 13 heavy (non-hydrogen) atoms. The van der Waals surface area contributed by atoms with Crippen molar-refractivity contribution in [3.05, 3.63) is 29.3 Å². The summed E-state index contributed by atoms with van der Waals surface area (Å²) in [7, 11) is 1.90. The highest BCUT2D eigenvalue weighted by Crippen LogP contribution is 2.20. The van der Waals surface area contributed by atoms with E-state index < -0.39 is 0 Å². The lowest BCUT2D eigenvalue weighted by Gasteiger charge is -2.03. The second-order valence-electron chi connectivity index (χ2n) is 2.68. The van der Waals surface area contributed by atoms with Crippen molar-refractivity contribution >= 4 is 11.8 Å². The smallest absolute Gasteiger partial charge is 0.100 e. The van der Waals surface area contributed by atoms with Crippen LogP contribution in [-0.2, 0) is 6.54 Å². The third kappa shape index (κ3) is 2.48. The van der Waals surface area contributed by atoms with Gasteiger partial charge in [0, 0.05) is 11.4 Å². The van der Waals surface area contributed by atoms with Gasteiger partial charge in [-0.1, -0.05) is 6.07 Å². The van der Waals surface area contributed by atoms with E-state index in [0.717, 1.165) is 22.6 Å². The molecule has 2 nitrogen and oxygen atoms in total. The van der Waals surface area contributed by atoms with Crippen LogP contribution in [0.15, 0.2) is 23.1 Å². The van der Waals surface area contributed by atoms with Crippen LogP contribution in [0.4, 0.5) is 0 Å². The van der Waals surface area contributed by atoms with Crippen molar-refractivity contribution in [2.24, 2.45) is 0 Å². The molecule has 1 aromatic rings. The first kappa shape index (κ1) is 10.1. The van der Waals surface area contributed by atoms with E-state index in [0.29, 0.717) is 0 Å². The fourth-order valence-electron chi connectivity index (χ4n) is 1.16. The van der Waals surface area contributed by atoms with Crippen molar-refractivity contribution < 1.29 is 0 Å². The molecule has 1 rings (SSSR count). The summed E-state index contributed by atoms with van der Waals surface area (Å²) in [5.74, 6) is 0. The summed E-state index contributed by atoms with van der Waals surface area (Å²) >= 11 is 1.60. The van der Waals surface area contributed by atoms with Crippen LogP contribution >= 0.6 is 11.8 Å². The monoisotopic (exact) mass is 192 g/mol. The minimum Gasteiger partial charge on any atom is -0.316 e. The molecule has 0 fully saturated rings. The highest BCUT2D eigenvalue weighted by Gasteiger charge is 2.01. The molecule has 0 aliphatic heterocycles. The molecule has 0 saturated carbocycles. The van der Waals surface area contributed by atoms with Gasteiger partial charge >= 0.3 is 0 Å². The third-order valence-corrected chi connectivity index (χ3v) is 2.56. The number of thioether (sulfide) groups is 1. The van der Waals surface area contributed by atoms with Gasteiger partial charge in [0.2, 0.25) is 0 Å². The summed E-state index contributed by atoms with van der Waals surface area (Å²) in [6, 6.07) is 8.17. The summed E-state index contributed by atoms with van der Waals surface area (Å²) in [6.45, 7) is 0.809.